The van der Waals surface area contributed by atoms with Gasteiger partial charge in [-0.05, 0) is 51.5 Å². The largest absolute Gasteiger partial charge is 0.444 e. The zero-order chi connectivity index (χ0) is 25.6. The first kappa shape index (κ1) is 27.0. The molecule has 1 aliphatic heterocycles. The number of pyridine rings is 1. The Kier molecular flexibility index (Phi) is 8.79. The third-order valence-corrected chi connectivity index (χ3v) is 6.41. The molecule has 0 aromatic carbocycles. The lowest BCUT2D eigenvalue weighted by Gasteiger charge is -2.33. The van der Waals surface area contributed by atoms with Crippen LogP contribution in [0.4, 0.5) is 19.3 Å². The molecule has 0 unspecified atom stereocenters. The highest BCUT2D eigenvalue weighted by Crippen LogP contribution is 2.32. The molecule has 0 atom stereocenters. The topological polar surface area (TPSA) is 72.3 Å². The van der Waals surface area contributed by atoms with Crippen LogP contribution in [0.3, 0.4) is 0 Å². The van der Waals surface area contributed by atoms with Crippen molar-refractivity contribution in [3.8, 4) is 0 Å². The lowest BCUT2D eigenvalue weighted by molar-refractivity contribution is -0.0220. The van der Waals surface area contributed by atoms with Gasteiger partial charge in [-0.1, -0.05) is 24.8 Å². The number of nitrogens with one attached hydrogen (secondary N) is 1. The van der Waals surface area contributed by atoms with E-state index in [0.717, 1.165) is 28.5 Å². The molecular weight excluding hydrogens is 472 g/mol. The lowest BCUT2D eigenvalue weighted by Crippen LogP contribution is -2.39. The monoisotopic (exact) mass is 507 g/mol. The van der Waals surface area contributed by atoms with Gasteiger partial charge in [0, 0.05) is 56.7 Å². The quantitative estimate of drug-likeness (QED) is 0.480. The van der Waals surface area contributed by atoms with Gasteiger partial charge in [-0.25, -0.2) is 13.6 Å². The van der Waals surface area contributed by atoms with Crippen LogP contribution in [0.1, 0.15) is 57.6 Å². The number of thioether (sulfide) groups is 1. The standard InChI is InChI=1S/C25H35F2N5O2S/c1-6-20-16-22(30-31(20)5)35-17-19-15-21(32-12-9-25(26,27)10-13-32)14-18(29-19)8-7-11-28-23(33)34-24(2,3)4/h7-8,14-16H,6,9-13,17H2,1-5H3,(H,28,33). The summed E-state index contributed by atoms with van der Waals surface area (Å²) in [7, 11) is 1.93. The molecule has 1 N–H and O–H groups in total. The van der Waals surface area contributed by atoms with Gasteiger partial charge in [0.2, 0.25) is 0 Å². The van der Waals surface area contributed by atoms with Crippen LogP contribution in [0.2, 0.25) is 0 Å². The van der Waals surface area contributed by atoms with Gasteiger partial charge in [0.25, 0.3) is 5.92 Å². The fraction of sp³-hybridized carbons (Fsp3) is 0.560. The lowest BCUT2D eigenvalue weighted by atomic mass is 10.1. The van der Waals surface area contributed by atoms with Crippen LogP contribution < -0.4 is 10.2 Å². The number of rotatable bonds is 8. The number of hydrogen-bond donors (Lipinski definition) is 1. The second kappa shape index (κ2) is 11.4. The van der Waals surface area contributed by atoms with Crippen LogP contribution in [0.15, 0.2) is 29.3 Å². The van der Waals surface area contributed by atoms with Crippen LogP contribution >= 0.6 is 11.8 Å². The molecule has 2 aromatic heterocycles. The van der Waals surface area contributed by atoms with Crippen LogP contribution in [-0.2, 0) is 24.0 Å². The van der Waals surface area contributed by atoms with Crippen LogP contribution in [0, 0.1) is 0 Å². The number of amides is 1. The molecule has 1 aliphatic rings. The molecule has 3 rings (SSSR count). The molecule has 192 valence electrons. The van der Waals surface area contributed by atoms with E-state index in [1.54, 1.807) is 17.8 Å². The smallest absolute Gasteiger partial charge is 0.407 e. The van der Waals surface area contributed by atoms with Crippen LogP contribution in [0.25, 0.3) is 6.08 Å². The maximum Gasteiger partial charge on any atom is 0.407 e. The predicted octanol–water partition coefficient (Wildman–Crippen LogP) is 5.44. The summed E-state index contributed by atoms with van der Waals surface area (Å²) in [6.45, 7) is 8.40. The number of anilines is 1. The minimum absolute atomic E-state index is 0.155. The number of aromatic nitrogens is 3. The summed E-state index contributed by atoms with van der Waals surface area (Å²) in [4.78, 5) is 18.6. The van der Waals surface area contributed by atoms with Gasteiger partial charge in [-0.3, -0.25) is 9.67 Å². The van der Waals surface area contributed by atoms with E-state index in [1.807, 2.05) is 55.6 Å². The van der Waals surface area contributed by atoms with Crippen molar-refractivity contribution in [2.45, 2.75) is 69.3 Å². The number of alkyl halides is 2. The summed E-state index contributed by atoms with van der Waals surface area (Å²) in [5, 5.41) is 8.15. The van der Waals surface area contributed by atoms with E-state index in [-0.39, 0.29) is 19.4 Å². The summed E-state index contributed by atoms with van der Waals surface area (Å²) in [5.41, 5.74) is 3.02. The molecular formula is C25H35F2N5O2S. The Labute approximate surface area is 210 Å². The molecule has 1 saturated heterocycles. The van der Waals surface area contributed by atoms with Gasteiger partial charge in [0.15, 0.2) is 0 Å². The predicted molar refractivity (Wildman–Crippen MR) is 136 cm³/mol. The summed E-state index contributed by atoms with van der Waals surface area (Å²) < 4.78 is 34.5. The van der Waals surface area contributed by atoms with Gasteiger partial charge >= 0.3 is 6.09 Å². The zero-order valence-corrected chi connectivity index (χ0v) is 21.9. The zero-order valence-electron chi connectivity index (χ0n) is 21.1. The first-order valence-corrected chi connectivity index (χ1v) is 12.9. The summed E-state index contributed by atoms with van der Waals surface area (Å²) in [5.74, 6) is -2.00. The van der Waals surface area contributed by atoms with E-state index in [9.17, 15) is 13.6 Å². The third-order valence-electron chi connectivity index (χ3n) is 5.48. The number of piperidine rings is 1. The molecule has 0 radical (unpaired) electrons. The number of alkyl carbamates (subject to hydrolysis) is 1. The Hall–Kier alpha value is -2.62. The first-order chi connectivity index (χ1) is 16.4. The average molecular weight is 508 g/mol. The summed E-state index contributed by atoms with van der Waals surface area (Å²) in [6.07, 6.45) is 3.73. The van der Waals surface area contributed by atoms with Gasteiger partial charge in [0.05, 0.1) is 11.4 Å². The Morgan fingerprint density at radius 1 is 1.26 bits per heavy atom. The van der Waals surface area contributed by atoms with Crippen molar-refractivity contribution in [3.05, 3.63) is 41.4 Å². The SMILES string of the molecule is CCc1cc(SCc2cc(N3CCC(F)(F)CC3)cc(C=CCNC(=O)OC(C)(C)C)n2)nn1C. The Bertz CT molecular complexity index is 1040. The first-order valence-electron chi connectivity index (χ1n) is 11.9. The number of nitrogens with zero attached hydrogens (tertiary/aromatic N) is 4. The molecule has 0 bridgehead atoms. The Morgan fingerprint density at radius 3 is 2.60 bits per heavy atom. The molecule has 35 heavy (non-hydrogen) atoms. The highest BCUT2D eigenvalue weighted by molar-refractivity contribution is 7.98. The Balaban J connectivity index is 1.72. The molecule has 0 aliphatic carbocycles. The average Bonchev–Trinajstić information content (AvgIpc) is 3.13. The summed E-state index contributed by atoms with van der Waals surface area (Å²) in [6, 6.07) is 5.94. The van der Waals surface area contributed by atoms with Gasteiger partial charge in [0.1, 0.15) is 10.6 Å². The minimum atomic E-state index is -2.60. The molecule has 3 heterocycles. The fourth-order valence-electron chi connectivity index (χ4n) is 3.69. The van der Waals surface area contributed by atoms with E-state index in [2.05, 4.69) is 23.4 Å². The number of aryl methyl sites for hydroxylation is 2. The maximum absolute atomic E-state index is 13.7. The number of ether oxygens (including phenoxy) is 1. The number of carbonyl (C=O) groups excluding carboxylic acids is 1. The van der Waals surface area contributed by atoms with Crippen molar-refractivity contribution >= 4 is 29.6 Å². The number of halogens is 2. The second-order valence-corrected chi connectivity index (χ2v) is 10.6. The maximum atomic E-state index is 13.7. The van der Waals surface area contributed by atoms with E-state index >= 15 is 0 Å². The van der Waals surface area contributed by atoms with Crippen molar-refractivity contribution in [2.24, 2.45) is 7.05 Å². The number of carbonyl (C=O) groups is 1. The van der Waals surface area contributed by atoms with Gasteiger partial charge in [-0.2, -0.15) is 5.10 Å². The molecule has 10 heteroatoms. The van der Waals surface area contributed by atoms with E-state index in [4.69, 9.17) is 9.72 Å². The van der Waals surface area contributed by atoms with E-state index in [0.29, 0.717) is 24.5 Å². The second-order valence-electron chi connectivity index (χ2n) is 9.61. The molecule has 0 saturated carbocycles. The normalized spacial score (nSPS) is 16.0. The number of hydrogen-bond acceptors (Lipinski definition) is 6. The van der Waals surface area contributed by atoms with Crippen molar-refractivity contribution in [2.75, 3.05) is 24.5 Å². The van der Waals surface area contributed by atoms with Crippen molar-refractivity contribution in [1.82, 2.24) is 20.1 Å². The van der Waals surface area contributed by atoms with Gasteiger partial charge in [-0.15, -0.1) is 0 Å². The molecule has 1 amide bonds. The van der Waals surface area contributed by atoms with E-state index < -0.39 is 17.6 Å². The third kappa shape index (κ3) is 8.52. The Morgan fingerprint density at radius 2 is 1.97 bits per heavy atom. The molecule has 7 nitrogen and oxygen atoms in total. The minimum Gasteiger partial charge on any atom is -0.444 e. The highest BCUT2D eigenvalue weighted by atomic mass is 32.2. The van der Waals surface area contributed by atoms with Crippen molar-refractivity contribution < 1.29 is 18.3 Å². The molecule has 0 spiro atoms. The van der Waals surface area contributed by atoms with Crippen molar-refractivity contribution in [3.63, 3.8) is 0 Å². The molecule has 2 aromatic rings. The highest BCUT2D eigenvalue weighted by Gasteiger charge is 2.34. The van der Waals surface area contributed by atoms with Crippen LogP contribution in [-0.4, -0.2) is 52.0 Å². The summed E-state index contributed by atoms with van der Waals surface area (Å²) >= 11 is 1.59. The fourth-order valence-corrected chi connectivity index (χ4v) is 4.53. The van der Waals surface area contributed by atoms with Crippen molar-refractivity contribution in [1.29, 1.82) is 0 Å². The van der Waals surface area contributed by atoms with Gasteiger partial charge < -0.3 is 15.0 Å². The van der Waals surface area contributed by atoms with E-state index in [1.165, 1.54) is 0 Å². The van der Waals surface area contributed by atoms with Crippen LogP contribution in [0.5, 0.6) is 0 Å². The molecule has 1 fully saturated rings.